The second kappa shape index (κ2) is 6.67. The van der Waals surface area contributed by atoms with Crippen molar-refractivity contribution in [3.8, 4) is 0 Å². The molecular formula is C13H19F2NO. The van der Waals surface area contributed by atoms with Gasteiger partial charge in [0.05, 0.1) is 6.10 Å². The van der Waals surface area contributed by atoms with Crippen LogP contribution in [0.1, 0.15) is 31.4 Å². The Morgan fingerprint density at radius 3 is 2.59 bits per heavy atom. The minimum absolute atomic E-state index is 0.409. The van der Waals surface area contributed by atoms with Crippen molar-refractivity contribution in [2.24, 2.45) is 0 Å². The summed E-state index contributed by atoms with van der Waals surface area (Å²) in [7, 11) is 1.90. The van der Waals surface area contributed by atoms with Crippen LogP contribution in [-0.2, 0) is 0 Å². The van der Waals surface area contributed by atoms with Gasteiger partial charge in [-0.05, 0) is 37.7 Å². The highest BCUT2D eigenvalue weighted by Crippen LogP contribution is 2.17. The lowest BCUT2D eigenvalue weighted by Crippen LogP contribution is -2.25. The fraction of sp³-hybridized carbons (Fsp3) is 0.538. The summed E-state index contributed by atoms with van der Waals surface area (Å²) in [4.78, 5) is 1.98. The summed E-state index contributed by atoms with van der Waals surface area (Å²) in [6, 6.07) is 3.50. The molecule has 2 nitrogen and oxygen atoms in total. The zero-order valence-corrected chi connectivity index (χ0v) is 10.3. The van der Waals surface area contributed by atoms with Gasteiger partial charge in [0.25, 0.3) is 0 Å². The molecule has 17 heavy (non-hydrogen) atoms. The van der Waals surface area contributed by atoms with E-state index in [2.05, 4.69) is 6.92 Å². The highest BCUT2D eigenvalue weighted by atomic mass is 19.2. The maximum absolute atomic E-state index is 13.0. The molecule has 1 unspecified atom stereocenters. The van der Waals surface area contributed by atoms with Crippen LogP contribution in [0.4, 0.5) is 8.78 Å². The largest absolute Gasteiger partial charge is 0.387 e. The van der Waals surface area contributed by atoms with Gasteiger partial charge in [0.2, 0.25) is 0 Å². The van der Waals surface area contributed by atoms with Gasteiger partial charge in [-0.15, -0.1) is 0 Å². The molecule has 0 fully saturated rings. The first kappa shape index (κ1) is 14.1. The van der Waals surface area contributed by atoms with E-state index < -0.39 is 17.7 Å². The molecule has 1 atom stereocenters. The molecule has 0 aliphatic carbocycles. The fourth-order valence-electron chi connectivity index (χ4n) is 1.64. The van der Waals surface area contributed by atoms with Crippen LogP contribution >= 0.6 is 0 Å². The van der Waals surface area contributed by atoms with Gasteiger partial charge in [0.15, 0.2) is 11.6 Å². The van der Waals surface area contributed by atoms with Crippen molar-refractivity contribution in [3.63, 3.8) is 0 Å². The molecule has 0 saturated carbocycles. The lowest BCUT2D eigenvalue weighted by Gasteiger charge is -2.20. The number of likely N-dealkylation sites (N-methyl/N-ethyl adjacent to an activating group) is 1. The van der Waals surface area contributed by atoms with Crippen LogP contribution in [0.25, 0.3) is 0 Å². The number of nitrogens with zero attached hydrogens (tertiary/aromatic N) is 1. The number of benzene rings is 1. The van der Waals surface area contributed by atoms with E-state index in [0.717, 1.165) is 31.5 Å². The normalized spacial score (nSPS) is 13.1. The first-order valence-corrected chi connectivity index (χ1v) is 5.86. The summed E-state index contributed by atoms with van der Waals surface area (Å²) in [5.74, 6) is -1.81. The Balaban J connectivity index is 2.57. The number of unbranched alkanes of at least 4 members (excludes halogenated alkanes) is 1. The van der Waals surface area contributed by atoms with Gasteiger partial charge in [-0.25, -0.2) is 8.78 Å². The number of hydrogen-bond donors (Lipinski definition) is 1. The van der Waals surface area contributed by atoms with Crippen molar-refractivity contribution in [3.05, 3.63) is 35.4 Å². The van der Waals surface area contributed by atoms with E-state index in [9.17, 15) is 13.9 Å². The maximum Gasteiger partial charge on any atom is 0.159 e. The van der Waals surface area contributed by atoms with Crippen molar-refractivity contribution in [2.75, 3.05) is 20.1 Å². The quantitative estimate of drug-likeness (QED) is 0.830. The van der Waals surface area contributed by atoms with E-state index in [1.165, 1.54) is 6.07 Å². The smallest absolute Gasteiger partial charge is 0.159 e. The Labute approximate surface area is 101 Å². The van der Waals surface area contributed by atoms with E-state index in [0.29, 0.717) is 12.1 Å². The minimum Gasteiger partial charge on any atom is -0.387 e. The number of halogens is 2. The van der Waals surface area contributed by atoms with E-state index in [-0.39, 0.29) is 0 Å². The molecule has 1 N–H and O–H groups in total. The lowest BCUT2D eigenvalue weighted by atomic mass is 10.1. The molecule has 96 valence electrons. The third-order valence-corrected chi connectivity index (χ3v) is 2.71. The summed E-state index contributed by atoms with van der Waals surface area (Å²) >= 11 is 0. The van der Waals surface area contributed by atoms with E-state index >= 15 is 0 Å². The van der Waals surface area contributed by atoms with Crippen LogP contribution in [0.3, 0.4) is 0 Å². The monoisotopic (exact) mass is 243 g/mol. The predicted octanol–water partition coefficient (Wildman–Crippen LogP) is 2.73. The van der Waals surface area contributed by atoms with Crippen LogP contribution < -0.4 is 0 Å². The summed E-state index contributed by atoms with van der Waals surface area (Å²) in [6.07, 6.45) is 1.36. The SMILES string of the molecule is CCCCN(C)CC(O)c1ccc(F)c(F)c1. The Morgan fingerprint density at radius 2 is 2.00 bits per heavy atom. The molecule has 0 amide bonds. The Hall–Kier alpha value is -1.00. The Kier molecular flexibility index (Phi) is 5.51. The van der Waals surface area contributed by atoms with Crippen molar-refractivity contribution in [1.82, 2.24) is 4.90 Å². The molecule has 0 aliphatic rings. The summed E-state index contributed by atoms with van der Waals surface area (Å²) in [6.45, 7) is 3.40. The van der Waals surface area contributed by atoms with Gasteiger partial charge in [-0.2, -0.15) is 0 Å². The minimum atomic E-state index is -0.919. The summed E-state index contributed by atoms with van der Waals surface area (Å²) in [5, 5.41) is 9.87. The average Bonchev–Trinajstić information content (AvgIpc) is 2.30. The van der Waals surface area contributed by atoms with Gasteiger partial charge in [-0.3, -0.25) is 0 Å². The first-order chi connectivity index (χ1) is 8.04. The average molecular weight is 243 g/mol. The highest BCUT2D eigenvalue weighted by molar-refractivity contribution is 5.20. The molecule has 0 aliphatic heterocycles. The summed E-state index contributed by atoms with van der Waals surface area (Å²) in [5.41, 5.74) is 0.409. The van der Waals surface area contributed by atoms with Crippen LogP contribution in [0.2, 0.25) is 0 Å². The maximum atomic E-state index is 13.0. The number of hydrogen-bond acceptors (Lipinski definition) is 2. The van der Waals surface area contributed by atoms with E-state index in [4.69, 9.17) is 0 Å². The topological polar surface area (TPSA) is 23.5 Å². The molecular weight excluding hydrogens is 224 g/mol. The molecule has 0 aromatic heterocycles. The number of aliphatic hydroxyl groups excluding tert-OH is 1. The van der Waals surface area contributed by atoms with Crippen LogP contribution in [0.15, 0.2) is 18.2 Å². The van der Waals surface area contributed by atoms with Crippen LogP contribution in [0.5, 0.6) is 0 Å². The van der Waals surface area contributed by atoms with Crippen molar-refractivity contribution in [2.45, 2.75) is 25.9 Å². The molecule has 0 bridgehead atoms. The molecule has 1 aromatic rings. The first-order valence-electron chi connectivity index (χ1n) is 5.86. The summed E-state index contributed by atoms with van der Waals surface area (Å²) < 4.78 is 25.7. The van der Waals surface area contributed by atoms with Crippen molar-refractivity contribution < 1.29 is 13.9 Å². The number of aliphatic hydroxyl groups is 1. The third-order valence-electron chi connectivity index (χ3n) is 2.71. The highest BCUT2D eigenvalue weighted by Gasteiger charge is 2.12. The lowest BCUT2D eigenvalue weighted by molar-refractivity contribution is 0.125. The van der Waals surface area contributed by atoms with Crippen LogP contribution in [-0.4, -0.2) is 30.1 Å². The molecule has 4 heteroatoms. The zero-order valence-electron chi connectivity index (χ0n) is 10.3. The molecule has 0 saturated heterocycles. The number of rotatable bonds is 6. The van der Waals surface area contributed by atoms with E-state index in [1.807, 2.05) is 11.9 Å². The standard InChI is InChI=1S/C13H19F2NO/c1-3-4-7-16(2)9-13(17)10-5-6-11(14)12(15)8-10/h5-6,8,13,17H,3-4,7,9H2,1-2H3. The third kappa shape index (κ3) is 4.40. The van der Waals surface area contributed by atoms with Crippen molar-refractivity contribution >= 4 is 0 Å². The van der Waals surface area contributed by atoms with Crippen molar-refractivity contribution in [1.29, 1.82) is 0 Å². The van der Waals surface area contributed by atoms with Gasteiger partial charge >= 0.3 is 0 Å². The van der Waals surface area contributed by atoms with Gasteiger partial charge in [0.1, 0.15) is 0 Å². The molecule has 0 heterocycles. The second-order valence-electron chi connectivity index (χ2n) is 4.31. The molecule has 0 spiro atoms. The Bertz CT molecular complexity index is 357. The zero-order chi connectivity index (χ0) is 12.8. The molecule has 0 radical (unpaired) electrons. The molecule has 1 rings (SSSR count). The Morgan fingerprint density at radius 1 is 1.29 bits per heavy atom. The fourth-order valence-corrected chi connectivity index (χ4v) is 1.64. The molecule has 1 aromatic carbocycles. The predicted molar refractivity (Wildman–Crippen MR) is 63.7 cm³/mol. The van der Waals surface area contributed by atoms with Crippen LogP contribution in [0, 0.1) is 11.6 Å². The van der Waals surface area contributed by atoms with Gasteiger partial charge in [0, 0.05) is 6.54 Å². The van der Waals surface area contributed by atoms with E-state index in [1.54, 1.807) is 0 Å². The van der Waals surface area contributed by atoms with Gasteiger partial charge in [-0.1, -0.05) is 19.4 Å². The van der Waals surface area contributed by atoms with Gasteiger partial charge < -0.3 is 10.0 Å². The second-order valence-corrected chi connectivity index (χ2v) is 4.31.